The van der Waals surface area contributed by atoms with E-state index in [1.807, 2.05) is 11.8 Å². The number of aryl methyl sites for hydroxylation is 1. The van der Waals surface area contributed by atoms with Crippen LogP contribution in [0.1, 0.15) is 42.1 Å². The molecule has 2 fully saturated rings. The summed E-state index contributed by atoms with van der Waals surface area (Å²) in [6.07, 6.45) is 2.87. The predicted molar refractivity (Wildman–Crippen MR) is 104 cm³/mol. The Morgan fingerprint density at radius 2 is 1.85 bits per heavy atom. The first-order chi connectivity index (χ1) is 11.9. The van der Waals surface area contributed by atoms with Gasteiger partial charge in [0, 0.05) is 44.3 Å². The van der Waals surface area contributed by atoms with Crippen LogP contribution >= 0.6 is 12.4 Å². The number of hydrogen-bond donors (Lipinski definition) is 1. The van der Waals surface area contributed by atoms with Gasteiger partial charge in [-0.1, -0.05) is 12.5 Å². The summed E-state index contributed by atoms with van der Waals surface area (Å²) < 4.78 is 27.6. The number of halogens is 1. The van der Waals surface area contributed by atoms with E-state index in [2.05, 4.69) is 5.32 Å². The maximum absolute atomic E-state index is 13.0. The second kappa shape index (κ2) is 8.69. The van der Waals surface area contributed by atoms with Gasteiger partial charge in [0.15, 0.2) is 0 Å². The van der Waals surface area contributed by atoms with Gasteiger partial charge in [-0.25, -0.2) is 8.42 Å². The van der Waals surface area contributed by atoms with Crippen LogP contribution in [0.4, 0.5) is 0 Å². The average Bonchev–Trinajstić information content (AvgIpc) is 2.62. The summed E-state index contributed by atoms with van der Waals surface area (Å²) in [4.78, 5) is 15.0. The number of rotatable bonds is 3. The van der Waals surface area contributed by atoms with Crippen LogP contribution in [0.25, 0.3) is 0 Å². The summed E-state index contributed by atoms with van der Waals surface area (Å²) in [5.74, 6) is -0.0934. The molecule has 1 amide bonds. The number of benzene rings is 1. The van der Waals surface area contributed by atoms with Gasteiger partial charge in [0.05, 0.1) is 4.90 Å². The molecule has 2 heterocycles. The lowest BCUT2D eigenvalue weighted by Gasteiger charge is -2.34. The molecule has 2 saturated heterocycles. The largest absolute Gasteiger partial charge is 0.333 e. The van der Waals surface area contributed by atoms with E-state index < -0.39 is 10.0 Å². The Kier molecular flexibility index (Phi) is 7.07. The second-order valence-electron chi connectivity index (χ2n) is 7.00. The zero-order valence-corrected chi connectivity index (χ0v) is 17.0. The number of carbonyl (C=O) groups is 1. The number of piperazine rings is 1. The molecule has 26 heavy (non-hydrogen) atoms. The number of hydrogen-bond acceptors (Lipinski definition) is 4. The smallest absolute Gasteiger partial charge is 0.254 e. The summed E-state index contributed by atoms with van der Waals surface area (Å²) in [6.45, 7) is 7.09. The number of piperidine rings is 1. The molecule has 0 bridgehead atoms. The van der Waals surface area contributed by atoms with E-state index >= 15 is 0 Å². The molecule has 1 atom stereocenters. The Labute approximate surface area is 162 Å². The van der Waals surface area contributed by atoms with Gasteiger partial charge in [-0.15, -0.1) is 12.4 Å². The van der Waals surface area contributed by atoms with Crippen LogP contribution in [0, 0.1) is 6.92 Å². The highest BCUT2D eigenvalue weighted by Crippen LogP contribution is 2.25. The Balaban J connectivity index is 0.00000243. The van der Waals surface area contributed by atoms with E-state index in [9.17, 15) is 13.2 Å². The molecule has 1 aromatic rings. The minimum atomic E-state index is -3.54. The van der Waals surface area contributed by atoms with Gasteiger partial charge in [-0.2, -0.15) is 4.31 Å². The molecule has 3 rings (SSSR count). The zero-order valence-electron chi connectivity index (χ0n) is 15.4. The molecule has 1 aromatic carbocycles. The minimum absolute atomic E-state index is 0. The van der Waals surface area contributed by atoms with Crippen molar-refractivity contribution in [1.82, 2.24) is 14.5 Å². The third kappa shape index (κ3) is 4.22. The Morgan fingerprint density at radius 1 is 1.15 bits per heavy atom. The van der Waals surface area contributed by atoms with Gasteiger partial charge < -0.3 is 10.2 Å². The van der Waals surface area contributed by atoms with Crippen LogP contribution in [0.3, 0.4) is 0 Å². The molecular formula is C18H28ClN3O3S. The molecule has 146 valence electrons. The Morgan fingerprint density at radius 3 is 2.50 bits per heavy atom. The van der Waals surface area contributed by atoms with Crippen molar-refractivity contribution in [2.75, 3.05) is 32.7 Å². The monoisotopic (exact) mass is 401 g/mol. The zero-order chi connectivity index (χ0) is 18.0. The van der Waals surface area contributed by atoms with Crippen molar-refractivity contribution in [3.63, 3.8) is 0 Å². The fraction of sp³-hybridized carbons (Fsp3) is 0.611. The molecule has 0 saturated carbocycles. The van der Waals surface area contributed by atoms with Gasteiger partial charge in [0.25, 0.3) is 5.91 Å². The van der Waals surface area contributed by atoms with Crippen LogP contribution in [-0.4, -0.2) is 62.3 Å². The van der Waals surface area contributed by atoms with Crippen LogP contribution in [0.2, 0.25) is 0 Å². The number of nitrogens with zero attached hydrogens (tertiary/aromatic N) is 2. The highest BCUT2D eigenvalue weighted by atomic mass is 35.5. The molecule has 0 aromatic heterocycles. The molecule has 8 heteroatoms. The van der Waals surface area contributed by atoms with Gasteiger partial charge in [0.2, 0.25) is 10.0 Å². The topological polar surface area (TPSA) is 69.7 Å². The summed E-state index contributed by atoms with van der Waals surface area (Å²) in [5, 5.41) is 3.26. The van der Waals surface area contributed by atoms with Crippen molar-refractivity contribution >= 4 is 28.3 Å². The van der Waals surface area contributed by atoms with E-state index in [0.717, 1.165) is 32.4 Å². The second-order valence-corrected chi connectivity index (χ2v) is 8.90. The fourth-order valence-corrected chi connectivity index (χ4v) is 5.33. The molecule has 0 aliphatic carbocycles. The Bertz CT molecular complexity index is 748. The van der Waals surface area contributed by atoms with Crippen molar-refractivity contribution in [3.8, 4) is 0 Å². The summed E-state index contributed by atoms with van der Waals surface area (Å²) in [7, 11) is -3.54. The predicted octanol–water partition coefficient (Wildman–Crippen LogP) is 2.03. The van der Waals surface area contributed by atoms with Crippen molar-refractivity contribution < 1.29 is 13.2 Å². The normalized spacial score (nSPS) is 21.9. The first-order valence-electron chi connectivity index (χ1n) is 9.04. The van der Waals surface area contributed by atoms with E-state index in [1.165, 1.54) is 0 Å². The third-order valence-electron chi connectivity index (χ3n) is 5.13. The molecule has 2 aliphatic rings. The number of sulfonamides is 1. The van der Waals surface area contributed by atoms with E-state index in [0.29, 0.717) is 30.8 Å². The molecule has 1 unspecified atom stereocenters. The van der Waals surface area contributed by atoms with Crippen LogP contribution < -0.4 is 5.32 Å². The first-order valence-corrected chi connectivity index (χ1v) is 10.5. The van der Waals surface area contributed by atoms with Crippen molar-refractivity contribution in [2.45, 2.75) is 44.0 Å². The molecule has 0 spiro atoms. The van der Waals surface area contributed by atoms with Crippen LogP contribution in [0.5, 0.6) is 0 Å². The van der Waals surface area contributed by atoms with E-state index in [4.69, 9.17) is 0 Å². The molecule has 0 radical (unpaired) electrons. The van der Waals surface area contributed by atoms with Crippen molar-refractivity contribution in [3.05, 3.63) is 29.3 Å². The molecule has 6 nitrogen and oxygen atoms in total. The van der Waals surface area contributed by atoms with Gasteiger partial charge in [-0.3, -0.25) is 4.79 Å². The average molecular weight is 402 g/mol. The maximum Gasteiger partial charge on any atom is 0.254 e. The SMILES string of the molecule is Cc1ccc(C(=O)N2CCNCC2C)cc1S(=O)(=O)N1CCCCC1.Cl. The van der Waals surface area contributed by atoms with Gasteiger partial charge in [0.1, 0.15) is 0 Å². The first kappa shape index (κ1) is 21.2. The lowest BCUT2D eigenvalue weighted by molar-refractivity contribution is 0.0655. The van der Waals surface area contributed by atoms with Gasteiger partial charge in [-0.05, 0) is 44.4 Å². The van der Waals surface area contributed by atoms with E-state index in [1.54, 1.807) is 29.4 Å². The lowest BCUT2D eigenvalue weighted by atomic mass is 10.1. The van der Waals surface area contributed by atoms with E-state index in [-0.39, 0.29) is 29.3 Å². The summed E-state index contributed by atoms with van der Waals surface area (Å²) >= 11 is 0. The van der Waals surface area contributed by atoms with Gasteiger partial charge >= 0.3 is 0 Å². The lowest BCUT2D eigenvalue weighted by Crippen LogP contribution is -2.52. The number of carbonyl (C=O) groups excluding carboxylic acids is 1. The fourth-order valence-electron chi connectivity index (χ4n) is 3.56. The number of nitrogens with one attached hydrogen (secondary N) is 1. The third-order valence-corrected chi connectivity index (χ3v) is 7.17. The quantitative estimate of drug-likeness (QED) is 0.841. The molecular weight excluding hydrogens is 374 g/mol. The summed E-state index contributed by atoms with van der Waals surface area (Å²) in [5.41, 5.74) is 1.14. The number of amides is 1. The summed E-state index contributed by atoms with van der Waals surface area (Å²) in [6, 6.07) is 5.15. The molecule has 2 aliphatic heterocycles. The standard InChI is InChI=1S/C18H27N3O3S.ClH/c1-14-6-7-16(18(22)21-11-8-19-13-15(21)2)12-17(14)25(23,24)20-9-4-3-5-10-20;/h6-7,12,15,19H,3-5,8-11,13H2,1-2H3;1H. The van der Waals surface area contributed by atoms with Crippen molar-refractivity contribution in [1.29, 1.82) is 0 Å². The highest BCUT2D eigenvalue weighted by molar-refractivity contribution is 7.89. The minimum Gasteiger partial charge on any atom is -0.333 e. The van der Waals surface area contributed by atoms with Crippen molar-refractivity contribution in [2.24, 2.45) is 0 Å². The highest BCUT2D eigenvalue weighted by Gasteiger charge is 2.29. The van der Waals surface area contributed by atoms with Crippen LogP contribution in [0.15, 0.2) is 23.1 Å². The maximum atomic E-state index is 13.0. The molecule has 1 N–H and O–H groups in total. The van der Waals surface area contributed by atoms with Crippen LogP contribution in [-0.2, 0) is 10.0 Å². The Hall–Kier alpha value is -1.15.